The van der Waals surface area contributed by atoms with Crippen LogP contribution in [0.2, 0.25) is 5.02 Å². The summed E-state index contributed by atoms with van der Waals surface area (Å²) in [5.74, 6) is -1.12. The van der Waals surface area contributed by atoms with Gasteiger partial charge in [-0.15, -0.1) is 0 Å². The summed E-state index contributed by atoms with van der Waals surface area (Å²) in [7, 11) is -3.52. The molecule has 0 atom stereocenters. The second-order valence-corrected chi connectivity index (χ2v) is 7.98. The van der Waals surface area contributed by atoms with Crippen LogP contribution < -0.4 is 5.32 Å². The van der Waals surface area contributed by atoms with E-state index in [1.165, 1.54) is 40.7 Å². The monoisotopic (exact) mass is 410 g/mol. The second kappa shape index (κ2) is 9.12. The van der Waals surface area contributed by atoms with Crippen LogP contribution in [0.1, 0.15) is 19.4 Å². The first-order chi connectivity index (χ1) is 12.8. The SMILES string of the molecule is CCN(CC)S(=O)(=O)c1ccc(/C=C/C(=O)Nc2cc(Cl)ccc2F)cc1. The predicted molar refractivity (Wildman–Crippen MR) is 106 cm³/mol. The number of hydrogen-bond acceptors (Lipinski definition) is 3. The molecule has 0 aliphatic carbocycles. The van der Waals surface area contributed by atoms with Gasteiger partial charge in [0.2, 0.25) is 15.9 Å². The molecule has 8 heteroatoms. The number of nitrogens with one attached hydrogen (secondary N) is 1. The van der Waals surface area contributed by atoms with Gasteiger partial charge in [-0.25, -0.2) is 12.8 Å². The molecule has 27 heavy (non-hydrogen) atoms. The standard InChI is InChI=1S/C19H20ClFN2O3S/c1-3-23(4-2)27(25,26)16-9-5-14(6-10-16)7-12-19(24)22-18-13-15(20)8-11-17(18)21/h5-13H,3-4H2,1-2H3,(H,22,24)/b12-7+. The van der Waals surface area contributed by atoms with Crippen LogP contribution in [-0.4, -0.2) is 31.7 Å². The molecule has 2 aromatic carbocycles. The number of amides is 1. The molecule has 0 unspecified atom stereocenters. The molecule has 0 fully saturated rings. The van der Waals surface area contributed by atoms with Crippen molar-refractivity contribution in [2.75, 3.05) is 18.4 Å². The highest BCUT2D eigenvalue weighted by atomic mass is 35.5. The number of hydrogen-bond donors (Lipinski definition) is 1. The third-order valence-corrected chi connectivity index (χ3v) is 6.14. The van der Waals surface area contributed by atoms with Gasteiger partial charge in [0.05, 0.1) is 10.6 Å². The number of carbonyl (C=O) groups is 1. The third kappa shape index (κ3) is 5.38. The van der Waals surface area contributed by atoms with E-state index in [1.54, 1.807) is 26.0 Å². The smallest absolute Gasteiger partial charge is 0.248 e. The molecule has 0 aliphatic rings. The van der Waals surface area contributed by atoms with Crippen LogP contribution in [0.4, 0.5) is 10.1 Å². The van der Waals surface area contributed by atoms with Crippen LogP contribution in [0.25, 0.3) is 6.08 Å². The minimum absolute atomic E-state index is 0.0159. The molecule has 2 rings (SSSR count). The van der Waals surface area contributed by atoms with E-state index in [1.807, 2.05) is 0 Å². The van der Waals surface area contributed by atoms with E-state index in [0.29, 0.717) is 23.7 Å². The molecule has 144 valence electrons. The molecule has 0 aliphatic heterocycles. The van der Waals surface area contributed by atoms with E-state index in [4.69, 9.17) is 11.6 Å². The molecular weight excluding hydrogens is 391 g/mol. The summed E-state index contributed by atoms with van der Waals surface area (Å²) >= 11 is 5.78. The maximum atomic E-state index is 13.6. The lowest BCUT2D eigenvalue weighted by Gasteiger charge is -2.18. The van der Waals surface area contributed by atoms with Crippen molar-refractivity contribution in [2.24, 2.45) is 0 Å². The van der Waals surface area contributed by atoms with Gasteiger partial charge in [0.25, 0.3) is 0 Å². The largest absolute Gasteiger partial charge is 0.320 e. The van der Waals surface area contributed by atoms with Crippen molar-refractivity contribution in [3.8, 4) is 0 Å². The van der Waals surface area contributed by atoms with Gasteiger partial charge in [-0.1, -0.05) is 37.6 Å². The van der Waals surface area contributed by atoms with Crippen LogP contribution in [0.15, 0.2) is 53.4 Å². The zero-order chi connectivity index (χ0) is 20.0. The average Bonchev–Trinajstić information content (AvgIpc) is 2.64. The van der Waals surface area contributed by atoms with Crippen LogP contribution in [-0.2, 0) is 14.8 Å². The molecule has 0 aromatic heterocycles. The first-order valence-electron chi connectivity index (χ1n) is 8.32. The molecule has 0 saturated heterocycles. The minimum atomic E-state index is -3.52. The predicted octanol–water partition coefficient (Wildman–Crippen LogP) is 4.16. The second-order valence-electron chi connectivity index (χ2n) is 5.61. The Morgan fingerprint density at radius 3 is 2.37 bits per heavy atom. The van der Waals surface area contributed by atoms with E-state index in [2.05, 4.69) is 5.32 Å². The molecule has 0 bridgehead atoms. The lowest BCUT2D eigenvalue weighted by molar-refractivity contribution is -0.111. The van der Waals surface area contributed by atoms with E-state index in [9.17, 15) is 17.6 Å². The number of anilines is 1. The lowest BCUT2D eigenvalue weighted by Crippen LogP contribution is -2.30. The fourth-order valence-corrected chi connectivity index (χ4v) is 4.03. The molecule has 0 radical (unpaired) electrons. The Labute approximate surface area is 163 Å². The molecule has 1 amide bonds. The number of nitrogens with zero attached hydrogens (tertiary/aromatic N) is 1. The van der Waals surface area contributed by atoms with Crippen molar-refractivity contribution < 1.29 is 17.6 Å². The Morgan fingerprint density at radius 1 is 1.15 bits per heavy atom. The number of benzene rings is 2. The van der Waals surface area contributed by atoms with E-state index in [0.717, 1.165) is 6.07 Å². The van der Waals surface area contributed by atoms with Crippen molar-refractivity contribution in [1.29, 1.82) is 0 Å². The first-order valence-corrected chi connectivity index (χ1v) is 10.1. The minimum Gasteiger partial charge on any atom is -0.320 e. The summed E-state index contributed by atoms with van der Waals surface area (Å²) in [6.07, 6.45) is 2.74. The summed E-state index contributed by atoms with van der Waals surface area (Å²) in [4.78, 5) is 12.1. The lowest BCUT2D eigenvalue weighted by atomic mass is 10.2. The van der Waals surface area contributed by atoms with Crippen molar-refractivity contribution in [3.63, 3.8) is 0 Å². The fraction of sp³-hybridized carbons (Fsp3) is 0.211. The van der Waals surface area contributed by atoms with E-state index >= 15 is 0 Å². The number of carbonyl (C=O) groups excluding carboxylic acids is 1. The quantitative estimate of drug-likeness (QED) is 0.697. The molecule has 1 N–H and O–H groups in total. The van der Waals surface area contributed by atoms with Gasteiger partial charge < -0.3 is 5.32 Å². The molecule has 0 saturated carbocycles. The van der Waals surface area contributed by atoms with Gasteiger partial charge >= 0.3 is 0 Å². The third-order valence-electron chi connectivity index (χ3n) is 3.84. The normalized spacial score (nSPS) is 11.9. The first kappa shape index (κ1) is 21.1. The highest BCUT2D eigenvalue weighted by Gasteiger charge is 2.20. The van der Waals surface area contributed by atoms with Gasteiger partial charge in [0.1, 0.15) is 5.82 Å². The van der Waals surface area contributed by atoms with Crippen LogP contribution in [0, 0.1) is 5.82 Å². The Kier molecular flexibility index (Phi) is 7.12. The maximum Gasteiger partial charge on any atom is 0.248 e. The van der Waals surface area contributed by atoms with Crippen molar-refractivity contribution in [3.05, 3.63) is 64.9 Å². The number of sulfonamides is 1. The van der Waals surface area contributed by atoms with Crippen LogP contribution in [0.3, 0.4) is 0 Å². The highest BCUT2D eigenvalue weighted by Crippen LogP contribution is 2.20. The molecule has 2 aromatic rings. The molecule has 0 spiro atoms. The Hall–Kier alpha value is -2.22. The topological polar surface area (TPSA) is 66.5 Å². The van der Waals surface area contributed by atoms with E-state index in [-0.39, 0.29) is 10.6 Å². The number of halogens is 2. The highest BCUT2D eigenvalue weighted by molar-refractivity contribution is 7.89. The summed E-state index contributed by atoms with van der Waals surface area (Å²) in [6.45, 7) is 4.33. The van der Waals surface area contributed by atoms with Gasteiger partial charge in [0.15, 0.2) is 0 Å². The average molecular weight is 411 g/mol. The van der Waals surface area contributed by atoms with E-state index < -0.39 is 21.7 Å². The summed E-state index contributed by atoms with van der Waals surface area (Å²) in [5.41, 5.74) is 0.619. The van der Waals surface area contributed by atoms with Gasteiger partial charge in [-0.05, 0) is 42.0 Å². The molecule has 0 heterocycles. The Bertz CT molecular complexity index is 940. The van der Waals surface area contributed by atoms with Crippen molar-refractivity contribution in [1.82, 2.24) is 4.31 Å². The van der Waals surface area contributed by atoms with Crippen molar-refractivity contribution >= 4 is 39.3 Å². The van der Waals surface area contributed by atoms with Gasteiger partial charge in [-0.3, -0.25) is 4.79 Å². The van der Waals surface area contributed by atoms with Crippen LogP contribution in [0.5, 0.6) is 0 Å². The van der Waals surface area contributed by atoms with Crippen LogP contribution >= 0.6 is 11.6 Å². The van der Waals surface area contributed by atoms with Gasteiger partial charge in [-0.2, -0.15) is 4.31 Å². The molecule has 5 nitrogen and oxygen atoms in total. The van der Waals surface area contributed by atoms with Crippen molar-refractivity contribution in [2.45, 2.75) is 18.7 Å². The molecular formula is C19H20ClFN2O3S. The maximum absolute atomic E-state index is 13.6. The summed E-state index contributed by atoms with van der Waals surface area (Å²) in [6, 6.07) is 10.0. The van der Waals surface area contributed by atoms with Gasteiger partial charge in [0, 0.05) is 24.2 Å². The number of rotatable bonds is 7. The fourth-order valence-electron chi connectivity index (χ4n) is 2.40. The Morgan fingerprint density at radius 2 is 1.78 bits per heavy atom. The zero-order valence-electron chi connectivity index (χ0n) is 14.9. The summed E-state index contributed by atoms with van der Waals surface area (Å²) < 4.78 is 39.8. The Balaban J connectivity index is 2.09. The summed E-state index contributed by atoms with van der Waals surface area (Å²) in [5, 5.41) is 2.71. The zero-order valence-corrected chi connectivity index (χ0v) is 16.5.